The number of hydrogen-bond donors (Lipinski definition) is 2. The molecule has 0 aromatic heterocycles. The third-order valence-corrected chi connectivity index (χ3v) is 6.28. The van der Waals surface area contributed by atoms with Crippen molar-refractivity contribution >= 4 is 41.1 Å². The summed E-state index contributed by atoms with van der Waals surface area (Å²) in [4.78, 5) is 12.4. The molecule has 2 aromatic carbocycles. The van der Waals surface area contributed by atoms with Gasteiger partial charge < -0.3 is 15.2 Å². The first-order chi connectivity index (χ1) is 14.3. The smallest absolute Gasteiger partial charge is 0.245 e. The molecule has 2 N–H and O–H groups in total. The van der Waals surface area contributed by atoms with Crippen molar-refractivity contribution in [2.75, 3.05) is 32.8 Å². The van der Waals surface area contributed by atoms with E-state index >= 15 is 0 Å². The Hall–Kier alpha value is -2.02. The quantitative estimate of drug-likeness (QED) is 0.575. The van der Waals surface area contributed by atoms with E-state index in [0.717, 1.165) is 11.0 Å². The van der Waals surface area contributed by atoms with Gasteiger partial charge in [0, 0.05) is 41.0 Å². The minimum Gasteiger partial charge on any atom is -0.493 e. The molecule has 1 fully saturated rings. The van der Waals surface area contributed by atoms with Crippen molar-refractivity contribution in [3.05, 3.63) is 57.8 Å². The average Bonchev–Trinajstić information content (AvgIpc) is 2.70. The van der Waals surface area contributed by atoms with E-state index in [4.69, 9.17) is 38.3 Å². The number of nitrogens with one attached hydrogen (secondary N) is 1. The van der Waals surface area contributed by atoms with Crippen molar-refractivity contribution in [2.45, 2.75) is 4.90 Å². The molecule has 3 rings (SSSR count). The molecule has 30 heavy (non-hydrogen) atoms. The second kappa shape index (κ2) is 9.86. The number of aliphatic hydroxyl groups excluding tert-OH is 1. The molecule has 0 aliphatic carbocycles. The normalized spacial score (nSPS) is 15.2. The monoisotopic (exact) mass is 469 g/mol. The average molecular weight is 470 g/mol. The molecule has 0 spiro atoms. The molecule has 0 unspecified atom stereocenters. The highest BCUT2D eigenvalue weighted by molar-refractivity contribution is 7.97. The Kier molecular flexibility index (Phi) is 7.45. The number of rotatable bonds is 8. The van der Waals surface area contributed by atoms with Crippen LogP contribution in [0.15, 0.2) is 41.3 Å². The first-order valence-corrected chi connectivity index (χ1v) is 10.4. The number of halogens is 3. The van der Waals surface area contributed by atoms with Crippen LogP contribution < -0.4 is 10.1 Å². The van der Waals surface area contributed by atoms with Gasteiger partial charge in [-0.1, -0.05) is 23.2 Å². The van der Waals surface area contributed by atoms with Crippen molar-refractivity contribution in [2.24, 2.45) is 5.41 Å². The van der Waals surface area contributed by atoms with E-state index in [9.17, 15) is 9.18 Å². The summed E-state index contributed by atoms with van der Waals surface area (Å²) in [7, 11) is 0. The number of amides is 1. The first kappa shape index (κ1) is 22.7. The van der Waals surface area contributed by atoms with Gasteiger partial charge >= 0.3 is 0 Å². The third-order valence-electron chi connectivity index (χ3n) is 4.56. The molecule has 1 saturated heterocycles. The second-order valence-corrected chi connectivity index (χ2v) is 8.92. The van der Waals surface area contributed by atoms with Gasteiger partial charge in [0.2, 0.25) is 5.91 Å². The Balaban J connectivity index is 1.65. The lowest BCUT2D eigenvalue weighted by Gasteiger charge is -2.49. The Labute approximate surface area is 187 Å². The molecule has 1 aliphatic rings. The van der Waals surface area contributed by atoms with Crippen molar-refractivity contribution in [3.8, 4) is 11.8 Å². The fourth-order valence-corrected chi connectivity index (χ4v) is 4.71. The van der Waals surface area contributed by atoms with Crippen LogP contribution in [0.4, 0.5) is 4.39 Å². The highest BCUT2D eigenvalue weighted by atomic mass is 35.5. The fraction of sp³-hybridized carbons (Fsp3) is 0.300. The molecular formula is C20H18Cl2FN3O3S. The van der Waals surface area contributed by atoms with Gasteiger partial charge in [0.25, 0.3) is 0 Å². The number of benzene rings is 2. The molecule has 6 nitrogen and oxygen atoms in total. The molecule has 1 amide bonds. The summed E-state index contributed by atoms with van der Waals surface area (Å²) in [6.45, 7) is 1.05. The lowest BCUT2D eigenvalue weighted by molar-refractivity contribution is -0.125. The van der Waals surface area contributed by atoms with E-state index in [0.29, 0.717) is 28.9 Å². The van der Waals surface area contributed by atoms with E-state index in [2.05, 4.69) is 9.62 Å². The molecule has 158 valence electrons. The molecule has 1 aliphatic heterocycles. The van der Waals surface area contributed by atoms with Gasteiger partial charge in [-0.25, -0.2) is 8.70 Å². The first-order valence-electron chi connectivity index (χ1n) is 8.92. The summed E-state index contributed by atoms with van der Waals surface area (Å²) in [5.74, 6) is -0.836. The van der Waals surface area contributed by atoms with Gasteiger partial charge in [-0.15, -0.1) is 0 Å². The zero-order valence-corrected chi connectivity index (χ0v) is 18.0. The number of aliphatic hydroxyl groups is 1. The van der Waals surface area contributed by atoms with Crippen LogP contribution >= 0.6 is 35.1 Å². The maximum Gasteiger partial charge on any atom is 0.245 e. The largest absolute Gasteiger partial charge is 0.493 e. The Morgan fingerprint density at radius 3 is 2.73 bits per heavy atom. The second-order valence-electron chi connectivity index (χ2n) is 6.94. The molecule has 0 saturated carbocycles. The van der Waals surface area contributed by atoms with E-state index in [1.165, 1.54) is 24.1 Å². The zero-order chi connectivity index (χ0) is 21.7. The topological polar surface area (TPSA) is 85.6 Å². The third kappa shape index (κ3) is 5.56. The Morgan fingerprint density at radius 2 is 2.10 bits per heavy atom. The van der Waals surface area contributed by atoms with Gasteiger partial charge in [0.15, 0.2) is 0 Å². The maximum atomic E-state index is 13.8. The number of carbonyl (C=O) groups is 1. The minimum absolute atomic E-state index is 0.0571. The van der Waals surface area contributed by atoms with E-state index in [1.54, 1.807) is 18.2 Å². The van der Waals surface area contributed by atoms with Crippen LogP contribution in [0.5, 0.6) is 5.75 Å². The summed E-state index contributed by atoms with van der Waals surface area (Å²) in [6.07, 6.45) is 0. The highest BCUT2D eigenvalue weighted by Crippen LogP contribution is 2.41. The zero-order valence-electron chi connectivity index (χ0n) is 15.7. The number of ether oxygens (including phenoxy) is 1. The predicted octanol–water partition coefficient (Wildman–Crippen LogP) is 3.50. The minimum atomic E-state index is -0.652. The predicted molar refractivity (Wildman–Crippen MR) is 113 cm³/mol. The van der Waals surface area contributed by atoms with Crippen molar-refractivity contribution < 1.29 is 19.0 Å². The molecule has 0 atom stereocenters. The van der Waals surface area contributed by atoms with Crippen molar-refractivity contribution in [1.29, 1.82) is 5.26 Å². The number of hydrogen-bond acceptors (Lipinski definition) is 6. The van der Waals surface area contributed by atoms with Gasteiger partial charge in [-0.2, -0.15) is 5.26 Å². The lowest BCUT2D eigenvalue weighted by atomic mass is 9.82. The highest BCUT2D eigenvalue weighted by Gasteiger charge is 2.45. The molecule has 1 heterocycles. The molecular weight excluding hydrogens is 452 g/mol. The Morgan fingerprint density at radius 1 is 1.33 bits per heavy atom. The van der Waals surface area contributed by atoms with Gasteiger partial charge in [0.1, 0.15) is 24.2 Å². The van der Waals surface area contributed by atoms with E-state index in [-0.39, 0.29) is 18.7 Å². The lowest BCUT2D eigenvalue weighted by Crippen LogP contribution is -2.61. The molecule has 0 bridgehead atoms. The van der Waals surface area contributed by atoms with E-state index < -0.39 is 23.7 Å². The summed E-state index contributed by atoms with van der Waals surface area (Å²) >= 11 is 13.6. The van der Waals surface area contributed by atoms with Gasteiger partial charge in [-0.3, -0.25) is 4.79 Å². The van der Waals surface area contributed by atoms with Gasteiger partial charge in [0.05, 0.1) is 17.2 Å². The van der Waals surface area contributed by atoms with Crippen molar-refractivity contribution in [1.82, 2.24) is 9.62 Å². The number of nitrogens with zero attached hydrogens (tertiary/aromatic N) is 2. The fourth-order valence-electron chi connectivity index (χ4n) is 2.96. The van der Waals surface area contributed by atoms with Gasteiger partial charge in [-0.05, 0) is 42.3 Å². The number of carbonyl (C=O) groups excluding carboxylic acids is 1. The van der Waals surface area contributed by atoms with Crippen LogP contribution in [0.25, 0.3) is 0 Å². The summed E-state index contributed by atoms with van der Waals surface area (Å²) in [5, 5.41) is 21.6. The molecule has 10 heteroatoms. The summed E-state index contributed by atoms with van der Waals surface area (Å²) in [6, 6.07) is 11.1. The van der Waals surface area contributed by atoms with Crippen molar-refractivity contribution in [3.63, 3.8) is 0 Å². The standard InChI is InChI=1S/C20H18Cl2FN3O3S/c21-14-2-4-18(16(22)5-14)30-26-10-20(11-26,9-25-19(28)8-27)12-29-15-3-1-13(7-24)17(23)6-15/h1-6,27H,8-12H2,(H,25,28). The SMILES string of the molecule is N#Cc1ccc(OCC2(CNC(=O)CO)CN(Sc3ccc(Cl)cc3Cl)C2)cc1F. The molecule has 0 radical (unpaired) electrons. The van der Waals surface area contributed by atoms with E-state index in [1.807, 2.05) is 6.07 Å². The van der Waals surface area contributed by atoms with Crippen LogP contribution in [-0.4, -0.2) is 48.2 Å². The summed E-state index contributed by atoms with van der Waals surface area (Å²) in [5.41, 5.74) is -0.487. The maximum absolute atomic E-state index is 13.8. The van der Waals surface area contributed by atoms with Crippen LogP contribution in [-0.2, 0) is 4.79 Å². The Bertz CT molecular complexity index is 980. The van der Waals surface area contributed by atoms with Crippen LogP contribution in [0.1, 0.15) is 5.56 Å². The molecule has 2 aromatic rings. The van der Waals surface area contributed by atoms with Crippen LogP contribution in [0.2, 0.25) is 10.0 Å². The summed E-state index contributed by atoms with van der Waals surface area (Å²) < 4.78 is 21.6. The van der Waals surface area contributed by atoms with Crippen LogP contribution in [0, 0.1) is 22.6 Å². The number of nitriles is 1. The van der Waals surface area contributed by atoms with Crippen LogP contribution in [0.3, 0.4) is 0 Å².